The summed E-state index contributed by atoms with van der Waals surface area (Å²) < 4.78 is 5.35. The van der Waals surface area contributed by atoms with Crippen molar-refractivity contribution in [2.75, 3.05) is 13.2 Å². The molecule has 1 aliphatic heterocycles. The molecule has 0 radical (unpaired) electrons. The van der Waals surface area contributed by atoms with Crippen molar-refractivity contribution >= 4 is 16.8 Å². The van der Waals surface area contributed by atoms with E-state index >= 15 is 0 Å². The second kappa shape index (κ2) is 4.78. The van der Waals surface area contributed by atoms with Gasteiger partial charge in [-0.15, -0.1) is 0 Å². The lowest BCUT2D eigenvalue weighted by Gasteiger charge is -2.14. The van der Waals surface area contributed by atoms with E-state index in [-0.39, 0.29) is 5.56 Å². The van der Waals surface area contributed by atoms with Crippen molar-refractivity contribution in [3.8, 4) is 0 Å². The number of nitrogens with one attached hydrogen (secondary N) is 1. The quantitative estimate of drug-likeness (QED) is 0.834. The Morgan fingerprint density at radius 2 is 1.83 bits per heavy atom. The zero-order valence-electron chi connectivity index (χ0n) is 10.1. The number of fused-ring (bicyclic) bond motifs is 1. The van der Waals surface area contributed by atoms with Crippen LogP contribution in [0.5, 0.6) is 0 Å². The van der Waals surface area contributed by atoms with E-state index in [0.29, 0.717) is 0 Å². The summed E-state index contributed by atoms with van der Waals surface area (Å²) in [5.41, 5.74) is 2.44. The molecule has 2 aromatic rings. The van der Waals surface area contributed by atoms with Crippen LogP contribution >= 0.6 is 0 Å². The predicted octanol–water partition coefficient (Wildman–Crippen LogP) is 2.72. The van der Waals surface area contributed by atoms with Gasteiger partial charge in [0.05, 0.1) is 13.2 Å². The van der Waals surface area contributed by atoms with E-state index in [1.54, 1.807) is 6.20 Å². The SMILES string of the molecule is O=c1[nH]cc(C=C2CCOCC2)c2ccccc12. The van der Waals surface area contributed by atoms with Crippen molar-refractivity contribution in [1.82, 2.24) is 4.98 Å². The molecule has 1 aliphatic rings. The summed E-state index contributed by atoms with van der Waals surface area (Å²) >= 11 is 0. The van der Waals surface area contributed by atoms with Gasteiger partial charge >= 0.3 is 0 Å². The topological polar surface area (TPSA) is 42.1 Å². The van der Waals surface area contributed by atoms with Crippen molar-refractivity contribution < 1.29 is 4.74 Å². The van der Waals surface area contributed by atoms with Crippen molar-refractivity contribution in [1.29, 1.82) is 0 Å². The van der Waals surface area contributed by atoms with Gasteiger partial charge in [0.2, 0.25) is 0 Å². The van der Waals surface area contributed by atoms with Gasteiger partial charge in [0, 0.05) is 11.6 Å². The Bertz CT molecular complexity index is 647. The zero-order valence-corrected chi connectivity index (χ0v) is 10.1. The minimum Gasteiger partial charge on any atom is -0.381 e. The Morgan fingerprint density at radius 1 is 1.11 bits per heavy atom. The van der Waals surface area contributed by atoms with Gasteiger partial charge in [-0.3, -0.25) is 4.79 Å². The summed E-state index contributed by atoms with van der Waals surface area (Å²) in [4.78, 5) is 14.5. The Balaban J connectivity index is 2.12. The molecule has 1 fully saturated rings. The smallest absolute Gasteiger partial charge is 0.255 e. The molecular weight excluding hydrogens is 226 g/mol. The fraction of sp³-hybridized carbons (Fsp3) is 0.267. The Morgan fingerprint density at radius 3 is 2.61 bits per heavy atom. The lowest BCUT2D eigenvalue weighted by atomic mass is 10.0. The Hall–Kier alpha value is -1.87. The first kappa shape index (κ1) is 11.2. The number of H-pyrrole nitrogens is 1. The van der Waals surface area contributed by atoms with Crippen LogP contribution in [0.4, 0.5) is 0 Å². The van der Waals surface area contributed by atoms with Crippen LogP contribution in [-0.2, 0) is 4.74 Å². The summed E-state index contributed by atoms with van der Waals surface area (Å²) in [5, 5.41) is 1.76. The van der Waals surface area contributed by atoms with Crippen LogP contribution in [0, 0.1) is 0 Å². The maximum absolute atomic E-state index is 11.7. The molecule has 1 aromatic heterocycles. The third-order valence-electron chi connectivity index (χ3n) is 3.34. The number of benzene rings is 1. The summed E-state index contributed by atoms with van der Waals surface area (Å²) in [6.45, 7) is 1.60. The van der Waals surface area contributed by atoms with Crippen molar-refractivity contribution in [3.63, 3.8) is 0 Å². The molecule has 0 spiro atoms. The average Bonchev–Trinajstić information content (AvgIpc) is 2.44. The number of aromatic nitrogens is 1. The van der Waals surface area contributed by atoms with E-state index in [9.17, 15) is 4.79 Å². The molecule has 0 atom stereocenters. The molecule has 1 aromatic carbocycles. The van der Waals surface area contributed by atoms with Crippen LogP contribution in [0.15, 0.2) is 40.8 Å². The third-order valence-corrected chi connectivity index (χ3v) is 3.34. The molecule has 0 amide bonds. The van der Waals surface area contributed by atoms with Gasteiger partial charge in [-0.1, -0.05) is 29.8 Å². The maximum atomic E-state index is 11.7. The van der Waals surface area contributed by atoms with Crippen LogP contribution in [0.25, 0.3) is 16.8 Å². The van der Waals surface area contributed by atoms with Gasteiger partial charge < -0.3 is 9.72 Å². The van der Waals surface area contributed by atoms with Crippen LogP contribution in [0.1, 0.15) is 18.4 Å². The first-order chi connectivity index (χ1) is 8.84. The van der Waals surface area contributed by atoms with Crippen LogP contribution in [0.2, 0.25) is 0 Å². The number of rotatable bonds is 1. The summed E-state index contributed by atoms with van der Waals surface area (Å²) in [6, 6.07) is 7.72. The standard InChI is InChI=1S/C15H15NO2/c17-15-14-4-2-1-3-13(14)12(10-16-15)9-11-5-7-18-8-6-11/h1-4,9-10H,5-8H2,(H,16,17). The number of hydrogen-bond donors (Lipinski definition) is 1. The summed E-state index contributed by atoms with van der Waals surface area (Å²) in [5.74, 6) is 0. The maximum Gasteiger partial charge on any atom is 0.255 e. The summed E-state index contributed by atoms with van der Waals surface area (Å²) in [6.07, 6.45) is 5.94. The molecule has 92 valence electrons. The molecule has 1 N–H and O–H groups in total. The molecule has 3 heteroatoms. The highest BCUT2D eigenvalue weighted by molar-refractivity contribution is 5.89. The number of pyridine rings is 1. The van der Waals surface area contributed by atoms with Crippen molar-refractivity contribution in [2.45, 2.75) is 12.8 Å². The van der Waals surface area contributed by atoms with E-state index in [4.69, 9.17) is 4.74 Å². The minimum atomic E-state index is -0.0280. The molecule has 0 unspecified atom stereocenters. The summed E-state index contributed by atoms with van der Waals surface area (Å²) in [7, 11) is 0. The molecule has 1 saturated heterocycles. The van der Waals surface area contributed by atoms with Gasteiger partial charge in [-0.25, -0.2) is 0 Å². The first-order valence-electron chi connectivity index (χ1n) is 6.22. The van der Waals surface area contributed by atoms with E-state index in [2.05, 4.69) is 11.1 Å². The second-order valence-electron chi connectivity index (χ2n) is 4.53. The molecule has 3 nitrogen and oxygen atoms in total. The normalized spacial score (nSPS) is 15.9. The first-order valence-corrected chi connectivity index (χ1v) is 6.22. The van der Waals surface area contributed by atoms with E-state index in [0.717, 1.165) is 42.4 Å². The molecular formula is C15H15NO2. The Labute approximate surface area is 105 Å². The fourth-order valence-corrected chi connectivity index (χ4v) is 2.35. The fourth-order valence-electron chi connectivity index (χ4n) is 2.35. The predicted molar refractivity (Wildman–Crippen MR) is 72.6 cm³/mol. The molecule has 18 heavy (non-hydrogen) atoms. The number of hydrogen-bond acceptors (Lipinski definition) is 2. The number of aromatic amines is 1. The lowest BCUT2D eigenvalue weighted by Crippen LogP contribution is -2.08. The van der Waals surface area contributed by atoms with Gasteiger partial charge in [0.25, 0.3) is 5.56 Å². The monoisotopic (exact) mass is 241 g/mol. The van der Waals surface area contributed by atoms with Crippen LogP contribution < -0.4 is 5.56 Å². The molecule has 0 bridgehead atoms. The highest BCUT2D eigenvalue weighted by Gasteiger charge is 2.07. The highest BCUT2D eigenvalue weighted by atomic mass is 16.5. The van der Waals surface area contributed by atoms with Crippen LogP contribution in [0.3, 0.4) is 0 Å². The number of ether oxygens (including phenoxy) is 1. The molecule has 0 aliphatic carbocycles. The zero-order chi connectivity index (χ0) is 12.4. The van der Waals surface area contributed by atoms with E-state index < -0.39 is 0 Å². The van der Waals surface area contributed by atoms with Crippen molar-refractivity contribution in [3.05, 3.63) is 52.0 Å². The van der Waals surface area contributed by atoms with Gasteiger partial charge in [-0.05, 0) is 29.9 Å². The second-order valence-corrected chi connectivity index (χ2v) is 4.53. The minimum absolute atomic E-state index is 0.0280. The van der Waals surface area contributed by atoms with Crippen LogP contribution in [-0.4, -0.2) is 18.2 Å². The van der Waals surface area contributed by atoms with Crippen molar-refractivity contribution in [2.24, 2.45) is 0 Å². The third kappa shape index (κ3) is 2.09. The van der Waals surface area contributed by atoms with Gasteiger partial charge in [-0.2, -0.15) is 0 Å². The average molecular weight is 241 g/mol. The molecule has 2 heterocycles. The molecule has 0 saturated carbocycles. The van der Waals surface area contributed by atoms with E-state index in [1.807, 2.05) is 24.3 Å². The Kier molecular flexibility index (Phi) is 2.99. The molecule has 3 rings (SSSR count). The van der Waals surface area contributed by atoms with Gasteiger partial charge in [0.15, 0.2) is 0 Å². The van der Waals surface area contributed by atoms with Gasteiger partial charge in [0.1, 0.15) is 0 Å². The largest absolute Gasteiger partial charge is 0.381 e. The highest BCUT2D eigenvalue weighted by Crippen LogP contribution is 2.21. The van der Waals surface area contributed by atoms with E-state index in [1.165, 1.54) is 5.57 Å². The lowest BCUT2D eigenvalue weighted by molar-refractivity contribution is 0.119.